The van der Waals surface area contributed by atoms with Crippen molar-refractivity contribution in [3.8, 4) is 0 Å². The molecule has 1 aliphatic rings. The van der Waals surface area contributed by atoms with Crippen LogP contribution in [0.3, 0.4) is 0 Å². The number of carbonyl (C=O) groups is 1. The van der Waals surface area contributed by atoms with Gasteiger partial charge in [-0.3, -0.25) is 4.79 Å². The molecule has 5 heteroatoms. The summed E-state index contributed by atoms with van der Waals surface area (Å²) >= 11 is 9.37. The van der Waals surface area contributed by atoms with Crippen LogP contribution in [0.25, 0.3) is 0 Å². The van der Waals surface area contributed by atoms with Crippen LogP contribution in [-0.4, -0.2) is 30.4 Å². The first kappa shape index (κ1) is 14.8. The molecule has 1 fully saturated rings. The highest BCUT2D eigenvalue weighted by molar-refractivity contribution is 9.10. The fourth-order valence-corrected chi connectivity index (χ4v) is 3.03. The number of benzene rings is 1. The third-order valence-electron chi connectivity index (χ3n) is 3.30. The quantitative estimate of drug-likeness (QED) is 0.831. The first-order valence-electron chi connectivity index (χ1n) is 6.59. The van der Waals surface area contributed by atoms with E-state index in [0.29, 0.717) is 13.0 Å². The Kier molecular flexibility index (Phi) is 5.67. The van der Waals surface area contributed by atoms with E-state index in [0.717, 1.165) is 47.5 Å². The monoisotopic (exact) mass is 344 g/mol. The maximum absolute atomic E-state index is 11.8. The third-order valence-corrected chi connectivity index (χ3v) is 4.28. The highest BCUT2D eigenvalue weighted by Crippen LogP contribution is 2.21. The minimum absolute atomic E-state index is 0.264. The summed E-state index contributed by atoms with van der Waals surface area (Å²) in [5.74, 6) is 0.264. The number of carbonyl (C=O) groups excluding carboxylic acids is 1. The van der Waals surface area contributed by atoms with Crippen molar-refractivity contribution in [3.63, 3.8) is 0 Å². The molecule has 1 aliphatic heterocycles. The minimum Gasteiger partial charge on any atom is -0.343 e. The average Bonchev–Trinajstić information content (AvgIpc) is 2.90. The number of nitrogens with zero attached hydrogens (tertiary/aromatic N) is 1. The van der Waals surface area contributed by atoms with Crippen LogP contribution in [0.5, 0.6) is 0 Å². The van der Waals surface area contributed by atoms with Crippen LogP contribution in [0.15, 0.2) is 22.7 Å². The third kappa shape index (κ3) is 4.48. The summed E-state index contributed by atoms with van der Waals surface area (Å²) in [7, 11) is 0. The van der Waals surface area contributed by atoms with E-state index in [-0.39, 0.29) is 5.91 Å². The second kappa shape index (κ2) is 7.27. The average molecular weight is 346 g/mol. The zero-order valence-corrected chi connectivity index (χ0v) is 13.1. The summed E-state index contributed by atoms with van der Waals surface area (Å²) in [4.78, 5) is 13.8. The van der Waals surface area contributed by atoms with E-state index in [1.807, 2.05) is 23.1 Å². The van der Waals surface area contributed by atoms with Gasteiger partial charge in [0.15, 0.2) is 0 Å². The predicted molar refractivity (Wildman–Crippen MR) is 81.3 cm³/mol. The van der Waals surface area contributed by atoms with E-state index in [9.17, 15) is 4.79 Å². The number of nitrogens with one attached hydrogen (secondary N) is 1. The van der Waals surface area contributed by atoms with Crippen molar-refractivity contribution in [1.82, 2.24) is 10.2 Å². The lowest BCUT2D eigenvalue weighted by Crippen LogP contribution is -2.30. The molecule has 0 unspecified atom stereocenters. The largest absolute Gasteiger partial charge is 0.343 e. The van der Waals surface area contributed by atoms with Crippen molar-refractivity contribution in [3.05, 3.63) is 33.3 Å². The number of hydrogen-bond acceptors (Lipinski definition) is 2. The van der Waals surface area contributed by atoms with E-state index >= 15 is 0 Å². The van der Waals surface area contributed by atoms with E-state index in [1.54, 1.807) is 0 Å². The molecule has 0 aliphatic carbocycles. The molecule has 19 heavy (non-hydrogen) atoms. The molecule has 3 nitrogen and oxygen atoms in total. The second-order valence-corrected chi connectivity index (χ2v) is 6.04. The van der Waals surface area contributed by atoms with Crippen molar-refractivity contribution in [2.45, 2.75) is 25.8 Å². The lowest BCUT2D eigenvalue weighted by atomic mass is 10.2. The van der Waals surface area contributed by atoms with Crippen molar-refractivity contribution in [2.75, 3.05) is 19.6 Å². The smallest absolute Gasteiger partial charge is 0.223 e. The molecule has 0 aromatic heterocycles. The number of halogens is 2. The second-order valence-electron chi connectivity index (χ2n) is 4.75. The Balaban J connectivity index is 1.70. The summed E-state index contributed by atoms with van der Waals surface area (Å²) in [6, 6.07) is 5.74. The van der Waals surface area contributed by atoms with Gasteiger partial charge >= 0.3 is 0 Å². The fourth-order valence-electron chi connectivity index (χ4n) is 2.21. The van der Waals surface area contributed by atoms with Crippen molar-refractivity contribution in [1.29, 1.82) is 0 Å². The van der Waals surface area contributed by atoms with Crippen LogP contribution >= 0.6 is 27.5 Å². The van der Waals surface area contributed by atoms with Gasteiger partial charge in [-0.25, -0.2) is 0 Å². The number of hydrogen-bond donors (Lipinski definition) is 1. The summed E-state index contributed by atoms with van der Waals surface area (Å²) in [5.41, 5.74) is 1.15. The highest BCUT2D eigenvalue weighted by atomic mass is 79.9. The molecule has 0 radical (unpaired) electrons. The Morgan fingerprint density at radius 1 is 1.37 bits per heavy atom. The maximum Gasteiger partial charge on any atom is 0.223 e. The molecule has 0 atom stereocenters. The Morgan fingerprint density at radius 2 is 2.11 bits per heavy atom. The minimum atomic E-state index is 0.264. The van der Waals surface area contributed by atoms with Crippen LogP contribution in [0.2, 0.25) is 5.02 Å². The first-order valence-corrected chi connectivity index (χ1v) is 7.76. The normalized spacial score (nSPS) is 14.9. The van der Waals surface area contributed by atoms with Crippen LogP contribution < -0.4 is 5.32 Å². The SMILES string of the molecule is O=C(CCNCc1ccc(Cl)cc1Br)N1CCCC1. The van der Waals surface area contributed by atoms with Gasteiger partial charge in [0.2, 0.25) is 5.91 Å². The molecule has 2 rings (SSSR count). The Labute approximate surface area is 127 Å². The Bertz CT molecular complexity index is 447. The standard InChI is InChI=1S/C14H18BrClN2O/c15-13-9-12(16)4-3-11(13)10-17-6-5-14(19)18-7-1-2-8-18/h3-4,9,17H,1-2,5-8,10H2. The molecule has 0 saturated carbocycles. The van der Waals surface area contributed by atoms with Gasteiger partial charge in [0.05, 0.1) is 0 Å². The molecule has 0 spiro atoms. The van der Waals surface area contributed by atoms with Crippen LogP contribution in [-0.2, 0) is 11.3 Å². The van der Waals surface area contributed by atoms with E-state index < -0.39 is 0 Å². The van der Waals surface area contributed by atoms with Crippen molar-refractivity contribution >= 4 is 33.4 Å². The van der Waals surface area contributed by atoms with E-state index in [4.69, 9.17) is 11.6 Å². The lowest BCUT2D eigenvalue weighted by Gasteiger charge is -2.15. The van der Waals surface area contributed by atoms with Gasteiger partial charge in [-0.2, -0.15) is 0 Å². The number of likely N-dealkylation sites (tertiary alicyclic amines) is 1. The van der Waals surface area contributed by atoms with Crippen molar-refractivity contribution in [2.24, 2.45) is 0 Å². The topological polar surface area (TPSA) is 32.3 Å². The zero-order valence-electron chi connectivity index (χ0n) is 10.8. The number of rotatable bonds is 5. The van der Waals surface area contributed by atoms with Gasteiger partial charge in [0.1, 0.15) is 0 Å². The van der Waals surface area contributed by atoms with Crippen LogP contribution in [0, 0.1) is 0 Å². The first-order chi connectivity index (χ1) is 9.16. The van der Waals surface area contributed by atoms with Crippen molar-refractivity contribution < 1.29 is 4.79 Å². The molecule has 1 aromatic rings. The molecular formula is C14H18BrClN2O. The Hall–Kier alpha value is -0.580. The zero-order chi connectivity index (χ0) is 13.7. The molecule has 1 aromatic carbocycles. The van der Waals surface area contributed by atoms with Gasteiger partial charge in [0, 0.05) is 42.1 Å². The van der Waals surface area contributed by atoms with Gasteiger partial charge < -0.3 is 10.2 Å². The molecule has 1 saturated heterocycles. The molecule has 104 valence electrons. The van der Waals surface area contributed by atoms with Gasteiger partial charge in [-0.15, -0.1) is 0 Å². The molecule has 1 heterocycles. The molecule has 1 N–H and O–H groups in total. The summed E-state index contributed by atoms with van der Waals surface area (Å²) < 4.78 is 0.998. The van der Waals surface area contributed by atoms with Gasteiger partial charge in [0.25, 0.3) is 0 Å². The number of amides is 1. The molecule has 0 bridgehead atoms. The van der Waals surface area contributed by atoms with E-state index in [2.05, 4.69) is 21.2 Å². The molecular weight excluding hydrogens is 328 g/mol. The van der Waals surface area contributed by atoms with Crippen LogP contribution in [0.1, 0.15) is 24.8 Å². The summed E-state index contributed by atoms with van der Waals surface area (Å²) in [5, 5.41) is 4.02. The Morgan fingerprint density at radius 3 is 2.79 bits per heavy atom. The van der Waals surface area contributed by atoms with E-state index in [1.165, 1.54) is 0 Å². The lowest BCUT2D eigenvalue weighted by molar-refractivity contribution is -0.130. The maximum atomic E-state index is 11.8. The summed E-state index contributed by atoms with van der Waals surface area (Å²) in [6.45, 7) is 3.32. The van der Waals surface area contributed by atoms with Gasteiger partial charge in [-0.1, -0.05) is 33.6 Å². The van der Waals surface area contributed by atoms with Crippen LogP contribution in [0.4, 0.5) is 0 Å². The predicted octanol–water partition coefficient (Wildman–Crippen LogP) is 3.20. The summed E-state index contributed by atoms with van der Waals surface area (Å²) in [6.07, 6.45) is 2.87. The highest BCUT2D eigenvalue weighted by Gasteiger charge is 2.16. The molecule has 1 amide bonds. The van der Waals surface area contributed by atoms with Gasteiger partial charge in [-0.05, 0) is 30.5 Å². The fraction of sp³-hybridized carbons (Fsp3) is 0.500.